The lowest BCUT2D eigenvalue weighted by Crippen LogP contribution is -2.18. The summed E-state index contributed by atoms with van der Waals surface area (Å²) < 4.78 is 0. The minimum absolute atomic E-state index is 0.891. The second kappa shape index (κ2) is 3.21. The molecule has 0 bridgehead atoms. The van der Waals surface area contributed by atoms with Gasteiger partial charge in [0.25, 0.3) is 0 Å². The van der Waals surface area contributed by atoms with Gasteiger partial charge < -0.3 is 5.32 Å². The van der Waals surface area contributed by atoms with Gasteiger partial charge in [0, 0.05) is 0 Å². The van der Waals surface area contributed by atoms with E-state index in [1.807, 2.05) is 0 Å². The number of hydrogen-bond donors (Lipinski definition) is 1. The lowest BCUT2D eigenvalue weighted by atomic mass is 9.97. The molecule has 1 aliphatic rings. The molecule has 9 heavy (non-hydrogen) atoms. The summed E-state index contributed by atoms with van der Waals surface area (Å²) in [4.78, 5) is 0. The first-order chi connectivity index (χ1) is 4.29. The van der Waals surface area contributed by atoms with Crippen LogP contribution in [0, 0.1) is 11.8 Å². The van der Waals surface area contributed by atoms with Crippen molar-refractivity contribution in [2.75, 3.05) is 13.1 Å². The summed E-state index contributed by atoms with van der Waals surface area (Å²) in [5.41, 5.74) is 0. The zero-order valence-corrected chi connectivity index (χ0v) is 6.48. The van der Waals surface area contributed by atoms with E-state index in [1.54, 1.807) is 0 Å². The molecule has 1 rings (SSSR count). The smallest absolute Gasteiger partial charge is 0.00231 e. The highest BCUT2D eigenvalue weighted by Gasteiger charge is 2.11. The fraction of sp³-hybridized carbons (Fsp3) is 1.00. The van der Waals surface area contributed by atoms with E-state index in [2.05, 4.69) is 19.2 Å². The maximum atomic E-state index is 3.43. The Kier molecular flexibility index (Phi) is 2.52. The van der Waals surface area contributed by atoms with Crippen molar-refractivity contribution in [2.45, 2.75) is 26.7 Å². The number of nitrogens with one attached hydrogen (secondary N) is 1. The van der Waals surface area contributed by atoms with E-state index in [-0.39, 0.29) is 0 Å². The van der Waals surface area contributed by atoms with Crippen LogP contribution in [0.1, 0.15) is 26.7 Å². The molecule has 1 heteroatoms. The van der Waals surface area contributed by atoms with Crippen molar-refractivity contribution in [3.05, 3.63) is 0 Å². The minimum Gasteiger partial charge on any atom is -0.316 e. The van der Waals surface area contributed by atoms with Crippen LogP contribution in [0.4, 0.5) is 0 Å². The van der Waals surface area contributed by atoms with Gasteiger partial charge in [0.1, 0.15) is 0 Å². The van der Waals surface area contributed by atoms with Gasteiger partial charge in [0.15, 0.2) is 0 Å². The zero-order valence-electron chi connectivity index (χ0n) is 6.48. The van der Waals surface area contributed by atoms with Crippen molar-refractivity contribution in [1.82, 2.24) is 5.32 Å². The Morgan fingerprint density at radius 2 is 2.00 bits per heavy atom. The third-order valence-corrected chi connectivity index (χ3v) is 2.11. The van der Waals surface area contributed by atoms with Gasteiger partial charge in [-0.1, -0.05) is 13.8 Å². The molecule has 0 aliphatic carbocycles. The van der Waals surface area contributed by atoms with Crippen LogP contribution in [0.25, 0.3) is 0 Å². The van der Waals surface area contributed by atoms with Crippen molar-refractivity contribution in [3.8, 4) is 0 Å². The first-order valence-corrected chi connectivity index (χ1v) is 3.99. The van der Waals surface area contributed by atoms with Gasteiger partial charge in [-0.3, -0.25) is 0 Å². The molecule has 54 valence electrons. The largest absolute Gasteiger partial charge is 0.316 e. The molecule has 1 nitrogen and oxygen atoms in total. The highest BCUT2D eigenvalue weighted by molar-refractivity contribution is 4.67. The van der Waals surface area contributed by atoms with E-state index >= 15 is 0 Å². The Morgan fingerprint density at radius 1 is 1.22 bits per heavy atom. The van der Waals surface area contributed by atoms with Gasteiger partial charge in [0.05, 0.1) is 0 Å². The lowest BCUT2D eigenvalue weighted by Gasteiger charge is -2.09. The minimum atomic E-state index is 0.891. The molecule has 0 spiro atoms. The summed E-state index contributed by atoms with van der Waals surface area (Å²) in [6.07, 6.45) is 2.78. The molecule has 0 amide bonds. The van der Waals surface area contributed by atoms with E-state index in [4.69, 9.17) is 0 Å². The third-order valence-electron chi connectivity index (χ3n) is 2.11. The summed E-state index contributed by atoms with van der Waals surface area (Å²) >= 11 is 0. The van der Waals surface area contributed by atoms with E-state index in [0.29, 0.717) is 0 Å². The monoisotopic (exact) mass is 127 g/mol. The molecule has 0 aromatic carbocycles. The van der Waals surface area contributed by atoms with Crippen molar-refractivity contribution in [2.24, 2.45) is 11.8 Å². The summed E-state index contributed by atoms with van der Waals surface area (Å²) in [6.45, 7) is 7.13. The van der Waals surface area contributed by atoms with E-state index in [1.165, 1.54) is 25.9 Å². The highest BCUT2D eigenvalue weighted by Crippen LogP contribution is 2.16. The van der Waals surface area contributed by atoms with Gasteiger partial charge in [-0.2, -0.15) is 0 Å². The first kappa shape index (κ1) is 7.07. The fourth-order valence-electron chi connectivity index (χ4n) is 1.58. The zero-order chi connectivity index (χ0) is 6.69. The van der Waals surface area contributed by atoms with Gasteiger partial charge in [-0.25, -0.2) is 0 Å². The SMILES string of the molecule is C[C@@H]1CCNC[C@@H](C)C1. The van der Waals surface area contributed by atoms with Crippen LogP contribution in [-0.2, 0) is 0 Å². The Morgan fingerprint density at radius 3 is 2.78 bits per heavy atom. The molecule has 1 fully saturated rings. The Bertz CT molecular complexity index is 70.6. The molecular formula is C8H17N. The van der Waals surface area contributed by atoms with Crippen molar-refractivity contribution < 1.29 is 0 Å². The predicted molar refractivity (Wildman–Crippen MR) is 40.4 cm³/mol. The first-order valence-electron chi connectivity index (χ1n) is 3.99. The molecule has 1 aliphatic heterocycles. The van der Waals surface area contributed by atoms with Crippen LogP contribution in [0.3, 0.4) is 0 Å². The Hall–Kier alpha value is -0.0400. The van der Waals surface area contributed by atoms with Crippen LogP contribution in [0.2, 0.25) is 0 Å². The lowest BCUT2D eigenvalue weighted by molar-refractivity contribution is 0.440. The van der Waals surface area contributed by atoms with Crippen molar-refractivity contribution >= 4 is 0 Å². The standard InChI is InChI=1S/C8H17N/c1-7-3-4-9-6-8(2)5-7/h7-9H,3-6H2,1-2H3/t7-,8+/m1/s1. The van der Waals surface area contributed by atoms with Crippen LogP contribution in [0.5, 0.6) is 0 Å². The average molecular weight is 127 g/mol. The van der Waals surface area contributed by atoms with Crippen LogP contribution < -0.4 is 5.32 Å². The van der Waals surface area contributed by atoms with E-state index in [0.717, 1.165) is 11.8 Å². The molecule has 0 radical (unpaired) electrons. The predicted octanol–water partition coefficient (Wildman–Crippen LogP) is 1.64. The molecule has 0 saturated carbocycles. The molecule has 1 saturated heterocycles. The molecule has 1 heterocycles. The molecule has 1 N–H and O–H groups in total. The number of hydrogen-bond acceptors (Lipinski definition) is 1. The van der Waals surface area contributed by atoms with Gasteiger partial charge in [0.2, 0.25) is 0 Å². The maximum absolute atomic E-state index is 3.43. The third kappa shape index (κ3) is 2.35. The fourth-order valence-corrected chi connectivity index (χ4v) is 1.58. The van der Waals surface area contributed by atoms with Gasteiger partial charge >= 0.3 is 0 Å². The summed E-state index contributed by atoms with van der Waals surface area (Å²) in [5.74, 6) is 1.83. The molecule has 2 atom stereocenters. The van der Waals surface area contributed by atoms with Crippen molar-refractivity contribution in [3.63, 3.8) is 0 Å². The van der Waals surface area contributed by atoms with Gasteiger partial charge in [-0.15, -0.1) is 0 Å². The maximum Gasteiger partial charge on any atom is -0.00231 e. The quantitative estimate of drug-likeness (QED) is 0.521. The van der Waals surface area contributed by atoms with Crippen LogP contribution >= 0.6 is 0 Å². The van der Waals surface area contributed by atoms with E-state index in [9.17, 15) is 0 Å². The van der Waals surface area contributed by atoms with Crippen LogP contribution in [0.15, 0.2) is 0 Å². The van der Waals surface area contributed by atoms with Crippen LogP contribution in [-0.4, -0.2) is 13.1 Å². The summed E-state index contributed by atoms with van der Waals surface area (Å²) in [6, 6.07) is 0. The molecule has 0 aromatic rings. The number of rotatable bonds is 0. The van der Waals surface area contributed by atoms with Crippen molar-refractivity contribution in [1.29, 1.82) is 0 Å². The second-order valence-corrected chi connectivity index (χ2v) is 3.44. The highest BCUT2D eigenvalue weighted by atomic mass is 14.9. The molecular weight excluding hydrogens is 110 g/mol. The average Bonchev–Trinajstić information content (AvgIpc) is 1.93. The van der Waals surface area contributed by atoms with Gasteiger partial charge in [-0.05, 0) is 37.8 Å². The summed E-state index contributed by atoms with van der Waals surface area (Å²) in [5, 5.41) is 3.43. The second-order valence-electron chi connectivity index (χ2n) is 3.44. The normalized spacial score (nSPS) is 38.0. The Balaban J connectivity index is 2.29. The van der Waals surface area contributed by atoms with E-state index < -0.39 is 0 Å². The molecule has 0 unspecified atom stereocenters. The topological polar surface area (TPSA) is 12.0 Å². The Labute approximate surface area is 57.8 Å². The summed E-state index contributed by atoms with van der Waals surface area (Å²) in [7, 11) is 0. The molecule has 0 aromatic heterocycles.